The quantitative estimate of drug-likeness (QED) is 0.413. The van der Waals surface area contributed by atoms with Crippen LogP contribution in [-0.2, 0) is 6.42 Å². The van der Waals surface area contributed by atoms with Gasteiger partial charge in [0, 0.05) is 66.7 Å². The van der Waals surface area contributed by atoms with Gasteiger partial charge in [0.2, 0.25) is 0 Å². The Balaban J connectivity index is 1.44. The largest absolute Gasteiger partial charge is 0.396 e. The van der Waals surface area contributed by atoms with Crippen LogP contribution in [0.2, 0.25) is 0 Å². The molecule has 0 unspecified atom stereocenters. The van der Waals surface area contributed by atoms with E-state index in [9.17, 15) is 9.50 Å². The molecule has 1 aromatic heterocycles. The van der Waals surface area contributed by atoms with E-state index in [0.717, 1.165) is 43.0 Å². The SMILES string of the molecule is C[C@@H](CO)CN1[C@H](c2ccc(NC3CN(CCCF)C3)cc2F)c2[nH]c3ccccc3c2C[C@H]1C. The number of anilines is 1. The van der Waals surface area contributed by atoms with Gasteiger partial charge in [0.05, 0.1) is 18.8 Å². The number of nitrogens with one attached hydrogen (secondary N) is 2. The fourth-order valence-electron chi connectivity index (χ4n) is 5.75. The summed E-state index contributed by atoms with van der Waals surface area (Å²) in [5.74, 6) is -0.136. The molecule has 0 spiro atoms. The molecule has 1 fully saturated rings. The van der Waals surface area contributed by atoms with E-state index in [1.54, 1.807) is 6.07 Å². The van der Waals surface area contributed by atoms with Gasteiger partial charge in [-0.3, -0.25) is 14.2 Å². The summed E-state index contributed by atoms with van der Waals surface area (Å²) in [5.41, 5.74) is 4.82. The molecule has 0 bridgehead atoms. The van der Waals surface area contributed by atoms with Gasteiger partial charge in [0.1, 0.15) is 5.82 Å². The number of hydrogen-bond acceptors (Lipinski definition) is 4. The Morgan fingerprint density at radius 3 is 2.74 bits per heavy atom. The molecular weight excluding hydrogens is 446 g/mol. The van der Waals surface area contributed by atoms with Crippen LogP contribution in [0.3, 0.4) is 0 Å². The van der Waals surface area contributed by atoms with Crippen molar-refractivity contribution in [2.45, 2.75) is 44.8 Å². The van der Waals surface area contributed by atoms with E-state index in [1.807, 2.05) is 25.1 Å². The minimum absolute atomic E-state index is 0.0915. The van der Waals surface area contributed by atoms with Crippen LogP contribution in [0.25, 0.3) is 10.9 Å². The van der Waals surface area contributed by atoms with Gasteiger partial charge < -0.3 is 15.4 Å². The molecule has 3 N–H and O–H groups in total. The maximum atomic E-state index is 15.7. The summed E-state index contributed by atoms with van der Waals surface area (Å²) < 4.78 is 28.1. The molecule has 2 aliphatic heterocycles. The van der Waals surface area contributed by atoms with Crippen molar-refractivity contribution in [2.24, 2.45) is 5.92 Å². The third kappa shape index (κ3) is 4.82. The van der Waals surface area contributed by atoms with Crippen molar-refractivity contribution >= 4 is 16.6 Å². The van der Waals surface area contributed by atoms with Crippen molar-refractivity contribution in [1.29, 1.82) is 0 Å². The number of nitrogens with zero attached hydrogens (tertiary/aromatic N) is 2. The number of aromatic nitrogens is 1. The second-order valence-electron chi connectivity index (χ2n) is 10.4. The molecule has 5 rings (SSSR count). The van der Waals surface area contributed by atoms with Gasteiger partial charge in [-0.05, 0) is 49.4 Å². The van der Waals surface area contributed by atoms with Gasteiger partial charge in [-0.25, -0.2) is 4.39 Å². The first-order valence-corrected chi connectivity index (χ1v) is 12.8. The predicted molar refractivity (Wildman–Crippen MR) is 137 cm³/mol. The summed E-state index contributed by atoms with van der Waals surface area (Å²) in [4.78, 5) is 8.15. The number of halogens is 2. The average Bonchev–Trinajstić information content (AvgIpc) is 3.19. The molecular formula is C28H36F2N4O. The number of likely N-dealkylation sites (tertiary alicyclic amines) is 1. The third-order valence-electron chi connectivity index (χ3n) is 7.58. The average molecular weight is 483 g/mol. The van der Waals surface area contributed by atoms with Gasteiger partial charge in [-0.2, -0.15) is 0 Å². The van der Waals surface area contributed by atoms with Crippen LogP contribution < -0.4 is 5.32 Å². The van der Waals surface area contributed by atoms with Crippen LogP contribution in [0.1, 0.15) is 43.1 Å². The molecule has 188 valence electrons. The highest BCUT2D eigenvalue weighted by molar-refractivity contribution is 5.85. The lowest BCUT2D eigenvalue weighted by molar-refractivity contribution is 0.103. The summed E-state index contributed by atoms with van der Waals surface area (Å²) in [7, 11) is 0. The minimum atomic E-state index is -0.284. The fraction of sp³-hybridized carbons (Fsp3) is 0.500. The van der Waals surface area contributed by atoms with Crippen molar-refractivity contribution in [3.8, 4) is 0 Å². The van der Waals surface area contributed by atoms with Crippen molar-refractivity contribution in [1.82, 2.24) is 14.8 Å². The van der Waals surface area contributed by atoms with E-state index in [4.69, 9.17) is 0 Å². The highest BCUT2D eigenvalue weighted by Crippen LogP contribution is 2.42. The number of rotatable bonds is 9. The van der Waals surface area contributed by atoms with Crippen molar-refractivity contribution < 1.29 is 13.9 Å². The lowest BCUT2D eigenvalue weighted by Crippen LogP contribution is -2.54. The fourth-order valence-corrected chi connectivity index (χ4v) is 5.75. The number of aliphatic hydroxyl groups is 1. The van der Waals surface area contributed by atoms with Crippen LogP contribution in [0.15, 0.2) is 42.5 Å². The molecule has 0 aliphatic carbocycles. The van der Waals surface area contributed by atoms with Crippen LogP contribution in [-0.4, -0.2) is 71.4 Å². The summed E-state index contributed by atoms with van der Waals surface area (Å²) in [5, 5.41) is 14.4. The van der Waals surface area contributed by atoms with E-state index >= 15 is 4.39 Å². The molecule has 1 saturated heterocycles. The van der Waals surface area contributed by atoms with Crippen molar-refractivity contribution in [3.05, 3.63) is 65.1 Å². The first-order valence-electron chi connectivity index (χ1n) is 12.8. The van der Waals surface area contributed by atoms with Gasteiger partial charge in [0.25, 0.3) is 0 Å². The topological polar surface area (TPSA) is 54.5 Å². The number of hydrogen-bond donors (Lipinski definition) is 3. The molecule has 2 aromatic carbocycles. The first kappa shape index (κ1) is 24.2. The van der Waals surface area contributed by atoms with E-state index < -0.39 is 0 Å². The molecule has 2 aliphatic rings. The Morgan fingerprint density at radius 1 is 1.20 bits per heavy atom. The molecule has 5 nitrogen and oxygen atoms in total. The van der Waals surface area contributed by atoms with E-state index in [2.05, 4.69) is 45.2 Å². The molecule has 3 aromatic rings. The smallest absolute Gasteiger partial charge is 0.130 e. The maximum Gasteiger partial charge on any atom is 0.130 e. The molecule has 0 radical (unpaired) electrons. The third-order valence-corrected chi connectivity index (χ3v) is 7.58. The summed E-state index contributed by atoms with van der Waals surface area (Å²) in [6, 6.07) is 14.0. The van der Waals surface area contributed by atoms with Crippen LogP contribution in [0.5, 0.6) is 0 Å². The zero-order valence-electron chi connectivity index (χ0n) is 20.6. The normalized spacial score (nSPS) is 22.2. The van der Waals surface area contributed by atoms with Gasteiger partial charge in [-0.15, -0.1) is 0 Å². The van der Waals surface area contributed by atoms with E-state index in [0.29, 0.717) is 18.5 Å². The number of H-pyrrole nitrogens is 1. The van der Waals surface area contributed by atoms with Crippen molar-refractivity contribution in [3.63, 3.8) is 0 Å². The maximum absolute atomic E-state index is 15.7. The zero-order chi connectivity index (χ0) is 24.5. The number of aliphatic hydroxyl groups excluding tert-OH is 1. The number of para-hydroxylation sites is 1. The summed E-state index contributed by atoms with van der Waals surface area (Å²) in [6.45, 7) is 7.22. The standard InChI is InChI=1S/C28H36F2N4O/c1-18(17-35)14-34-19(2)12-24-22-6-3-4-7-26(22)32-27(24)28(34)23-9-8-20(13-25(23)30)31-21-15-33(16-21)11-5-10-29/h3-4,6-9,13,18-19,21,28,31-32,35H,5,10-12,14-17H2,1-2H3/t18-,19-,28-/m1/s1. The number of aromatic amines is 1. The second kappa shape index (κ2) is 10.2. The monoisotopic (exact) mass is 482 g/mol. The molecule has 0 amide bonds. The van der Waals surface area contributed by atoms with Crippen LogP contribution in [0, 0.1) is 11.7 Å². The lowest BCUT2D eigenvalue weighted by Gasteiger charge is -2.42. The highest BCUT2D eigenvalue weighted by Gasteiger charge is 2.37. The first-order chi connectivity index (χ1) is 17.0. The number of benzene rings is 2. The van der Waals surface area contributed by atoms with Gasteiger partial charge in [0.15, 0.2) is 0 Å². The number of fused-ring (bicyclic) bond motifs is 3. The summed E-state index contributed by atoms with van der Waals surface area (Å²) >= 11 is 0. The van der Waals surface area contributed by atoms with Crippen LogP contribution in [0.4, 0.5) is 14.5 Å². The van der Waals surface area contributed by atoms with E-state index in [-0.39, 0.29) is 43.1 Å². The predicted octanol–water partition coefficient (Wildman–Crippen LogP) is 4.73. The Morgan fingerprint density at radius 2 is 2.00 bits per heavy atom. The molecule has 3 atom stereocenters. The molecule has 0 saturated carbocycles. The highest BCUT2D eigenvalue weighted by atomic mass is 19.1. The minimum Gasteiger partial charge on any atom is -0.396 e. The molecule has 7 heteroatoms. The molecule has 3 heterocycles. The Labute approximate surface area is 206 Å². The van der Waals surface area contributed by atoms with Crippen LogP contribution >= 0.6 is 0 Å². The van der Waals surface area contributed by atoms with E-state index in [1.165, 1.54) is 10.9 Å². The number of alkyl halides is 1. The van der Waals surface area contributed by atoms with Gasteiger partial charge >= 0.3 is 0 Å². The second-order valence-corrected chi connectivity index (χ2v) is 10.4. The molecule has 35 heavy (non-hydrogen) atoms. The Hall–Kier alpha value is -2.48. The zero-order valence-corrected chi connectivity index (χ0v) is 20.6. The summed E-state index contributed by atoms with van der Waals surface area (Å²) in [6.07, 6.45) is 1.45. The van der Waals surface area contributed by atoms with Crippen molar-refractivity contribution in [2.75, 3.05) is 44.8 Å². The van der Waals surface area contributed by atoms with Gasteiger partial charge in [-0.1, -0.05) is 31.2 Å². The Bertz CT molecular complexity index is 1160. The Kier molecular flexibility index (Phi) is 7.09. The lowest BCUT2D eigenvalue weighted by atomic mass is 9.87.